The van der Waals surface area contributed by atoms with Gasteiger partial charge in [0.15, 0.2) is 0 Å². The molecule has 0 saturated heterocycles. The van der Waals surface area contributed by atoms with Crippen molar-refractivity contribution in [2.45, 2.75) is 57.7 Å². The van der Waals surface area contributed by atoms with E-state index in [1.54, 1.807) is 12.4 Å². The minimum absolute atomic E-state index is 0.0185. The van der Waals surface area contributed by atoms with Crippen molar-refractivity contribution in [3.8, 4) is 16.9 Å². The molecule has 1 aromatic heterocycles. The van der Waals surface area contributed by atoms with Crippen LogP contribution in [0.5, 0.6) is 5.75 Å². The average molecular weight is 517 g/mol. The molecule has 1 amide bonds. The highest BCUT2D eigenvalue weighted by Gasteiger charge is 2.34. The molecule has 0 aliphatic heterocycles. The van der Waals surface area contributed by atoms with E-state index in [2.05, 4.69) is 27.4 Å². The van der Waals surface area contributed by atoms with Crippen molar-refractivity contribution in [3.63, 3.8) is 0 Å². The van der Waals surface area contributed by atoms with Gasteiger partial charge in [-0.1, -0.05) is 41.9 Å². The fourth-order valence-corrected chi connectivity index (χ4v) is 5.85. The van der Waals surface area contributed by atoms with Gasteiger partial charge in [0, 0.05) is 54.1 Å². The number of carbonyl (C=O) groups is 1. The molecule has 3 aromatic rings. The summed E-state index contributed by atoms with van der Waals surface area (Å²) in [5.41, 5.74) is 5.65. The van der Waals surface area contributed by atoms with Crippen molar-refractivity contribution < 1.29 is 9.53 Å². The van der Waals surface area contributed by atoms with Crippen LogP contribution in [0.4, 0.5) is 0 Å². The summed E-state index contributed by atoms with van der Waals surface area (Å²) in [5.74, 6) is 0.810. The van der Waals surface area contributed by atoms with Crippen LogP contribution in [0.1, 0.15) is 49.3 Å². The summed E-state index contributed by atoms with van der Waals surface area (Å²) in [6.45, 7) is 2.98. The first-order valence-electron chi connectivity index (χ1n) is 13.0. The first-order valence-corrected chi connectivity index (χ1v) is 13.4. The maximum Gasteiger partial charge on any atom is 0.252 e. The van der Waals surface area contributed by atoms with Gasteiger partial charge in [-0.3, -0.25) is 4.79 Å². The van der Waals surface area contributed by atoms with Crippen molar-refractivity contribution >= 4 is 22.5 Å². The van der Waals surface area contributed by atoms with Gasteiger partial charge in [-0.15, -0.1) is 0 Å². The second kappa shape index (κ2) is 11.4. The third kappa shape index (κ3) is 5.41. The van der Waals surface area contributed by atoms with Crippen LogP contribution in [0.15, 0.2) is 66.8 Å². The SMILES string of the molecule is CCOc1ccc(-c2cncnc2)cc1CN(C(=O)C1=C(Cl)c2ccccc2C1)C1CCC(NC)CC1. The molecule has 37 heavy (non-hydrogen) atoms. The van der Waals surface area contributed by atoms with E-state index in [0.717, 1.165) is 59.3 Å². The number of hydrogen-bond donors (Lipinski definition) is 1. The van der Waals surface area contributed by atoms with Crippen LogP contribution in [0.25, 0.3) is 16.2 Å². The lowest BCUT2D eigenvalue weighted by atomic mass is 9.89. The fraction of sp³-hybridized carbons (Fsp3) is 0.367. The molecule has 1 saturated carbocycles. The Bertz CT molecular complexity index is 1290. The maximum absolute atomic E-state index is 14.2. The Labute approximate surface area is 223 Å². The number of nitrogens with one attached hydrogen (secondary N) is 1. The number of benzene rings is 2. The molecule has 0 bridgehead atoms. The van der Waals surface area contributed by atoms with Crippen LogP contribution in [0, 0.1) is 0 Å². The summed E-state index contributed by atoms with van der Waals surface area (Å²) in [6, 6.07) is 14.8. The Morgan fingerprint density at radius 2 is 1.84 bits per heavy atom. The maximum atomic E-state index is 14.2. The number of rotatable bonds is 8. The lowest BCUT2D eigenvalue weighted by molar-refractivity contribution is -0.130. The van der Waals surface area contributed by atoms with Gasteiger partial charge in [-0.2, -0.15) is 0 Å². The van der Waals surface area contributed by atoms with E-state index in [1.807, 2.05) is 49.2 Å². The van der Waals surface area contributed by atoms with Crippen LogP contribution in [0.3, 0.4) is 0 Å². The van der Waals surface area contributed by atoms with E-state index < -0.39 is 0 Å². The highest BCUT2D eigenvalue weighted by Crippen LogP contribution is 2.38. The fourth-order valence-electron chi connectivity index (χ4n) is 5.52. The molecule has 2 aliphatic rings. The third-order valence-corrected chi connectivity index (χ3v) is 7.98. The summed E-state index contributed by atoms with van der Waals surface area (Å²) in [5, 5.41) is 3.98. The number of nitrogens with zero attached hydrogens (tertiary/aromatic N) is 3. The minimum atomic E-state index is 0.0185. The second-order valence-corrected chi connectivity index (χ2v) is 10.1. The van der Waals surface area contributed by atoms with Crippen LogP contribution in [-0.4, -0.2) is 46.5 Å². The monoisotopic (exact) mass is 516 g/mol. The zero-order chi connectivity index (χ0) is 25.8. The summed E-state index contributed by atoms with van der Waals surface area (Å²) < 4.78 is 6.01. The van der Waals surface area contributed by atoms with Crippen LogP contribution in [-0.2, 0) is 17.8 Å². The van der Waals surface area contributed by atoms with Crippen LogP contribution < -0.4 is 10.1 Å². The number of ether oxygens (including phenoxy) is 1. The summed E-state index contributed by atoms with van der Waals surface area (Å²) >= 11 is 6.81. The first kappa shape index (κ1) is 25.4. The van der Waals surface area contributed by atoms with Gasteiger partial charge in [-0.05, 0) is 68.5 Å². The molecule has 2 aromatic carbocycles. The summed E-state index contributed by atoms with van der Waals surface area (Å²) in [6.07, 6.45) is 9.67. The molecule has 1 heterocycles. The number of carbonyl (C=O) groups excluding carboxylic acids is 1. The average Bonchev–Trinajstić information content (AvgIpc) is 3.29. The van der Waals surface area contributed by atoms with Gasteiger partial charge < -0.3 is 15.0 Å². The molecule has 2 aliphatic carbocycles. The summed E-state index contributed by atoms with van der Waals surface area (Å²) in [7, 11) is 2.02. The van der Waals surface area contributed by atoms with Crippen molar-refractivity contribution in [1.82, 2.24) is 20.2 Å². The normalized spacial score (nSPS) is 19.0. The lowest BCUT2D eigenvalue weighted by Gasteiger charge is -2.37. The predicted molar refractivity (Wildman–Crippen MR) is 147 cm³/mol. The van der Waals surface area contributed by atoms with Crippen LogP contribution in [0.2, 0.25) is 0 Å². The predicted octanol–water partition coefficient (Wildman–Crippen LogP) is 5.61. The van der Waals surface area contributed by atoms with E-state index in [1.165, 1.54) is 6.33 Å². The molecule has 7 heteroatoms. The van der Waals surface area contributed by atoms with Gasteiger partial charge in [0.1, 0.15) is 12.1 Å². The molecular weight excluding hydrogens is 484 g/mol. The Morgan fingerprint density at radius 3 is 2.54 bits per heavy atom. The number of amides is 1. The molecular formula is C30H33ClN4O2. The standard InChI is InChI=1S/C30H33ClN4O2/c1-3-37-28-13-8-20(23-16-33-19-34-17-23)14-22(28)18-35(25-11-9-24(32-2)10-12-25)30(36)27-15-21-6-4-5-7-26(21)29(27)31/h4-8,13-14,16-17,19,24-25,32H,3,9-12,15,18H2,1-2H3. The second-order valence-electron chi connectivity index (χ2n) is 9.74. The third-order valence-electron chi connectivity index (χ3n) is 7.55. The molecule has 1 N–H and O–H groups in total. The largest absolute Gasteiger partial charge is 0.494 e. The molecule has 6 nitrogen and oxygen atoms in total. The van der Waals surface area contributed by atoms with E-state index in [9.17, 15) is 4.79 Å². The molecule has 0 radical (unpaired) electrons. The Balaban J connectivity index is 1.50. The summed E-state index contributed by atoms with van der Waals surface area (Å²) in [4.78, 5) is 24.6. The quantitative estimate of drug-likeness (QED) is 0.421. The van der Waals surface area contributed by atoms with E-state index in [-0.39, 0.29) is 11.9 Å². The Morgan fingerprint density at radius 1 is 1.08 bits per heavy atom. The van der Waals surface area contributed by atoms with Crippen molar-refractivity contribution in [3.05, 3.63) is 83.4 Å². The molecule has 1 fully saturated rings. The highest BCUT2D eigenvalue weighted by molar-refractivity contribution is 6.51. The smallest absolute Gasteiger partial charge is 0.252 e. The Hall–Kier alpha value is -3.22. The van der Waals surface area contributed by atoms with E-state index in [4.69, 9.17) is 16.3 Å². The van der Waals surface area contributed by atoms with Crippen molar-refractivity contribution in [2.24, 2.45) is 0 Å². The number of halogens is 1. The molecule has 0 spiro atoms. The minimum Gasteiger partial charge on any atom is -0.494 e. The number of hydrogen-bond acceptors (Lipinski definition) is 5. The van der Waals surface area contributed by atoms with E-state index >= 15 is 0 Å². The molecule has 0 atom stereocenters. The van der Waals surface area contributed by atoms with Gasteiger partial charge >= 0.3 is 0 Å². The van der Waals surface area contributed by atoms with E-state index in [0.29, 0.717) is 36.2 Å². The number of aromatic nitrogens is 2. The Kier molecular flexibility index (Phi) is 7.87. The lowest BCUT2D eigenvalue weighted by Crippen LogP contribution is -2.45. The van der Waals surface area contributed by atoms with Crippen LogP contribution >= 0.6 is 11.6 Å². The van der Waals surface area contributed by atoms with Gasteiger partial charge in [0.2, 0.25) is 0 Å². The zero-order valence-electron chi connectivity index (χ0n) is 21.4. The molecule has 192 valence electrons. The van der Waals surface area contributed by atoms with Gasteiger partial charge in [0.25, 0.3) is 5.91 Å². The number of fused-ring (bicyclic) bond motifs is 1. The molecule has 5 rings (SSSR count). The highest BCUT2D eigenvalue weighted by atomic mass is 35.5. The zero-order valence-corrected chi connectivity index (χ0v) is 22.2. The van der Waals surface area contributed by atoms with Gasteiger partial charge in [-0.25, -0.2) is 9.97 Å². The van der Waals surface area contributed by atoms with Crippen molar-refractivity contribution in [1.29, 1.82) is 0 Å². The first-order chi connectivity index (χ1) is 18.1. The molecule has 0 unspecified atom stereocenters. The topological polar surface area (TPSA) is 67.4 Å². The van der Waals surface area contributed by atoms with Gasteiger partial charge in [0.05, 0.1) is 11.6 Å². The van der Waals surface area contributed by atoms with Crippen molar-refractivity contribution in [2.75, 3.05) is 13.7 Å².